The Bertz CT molecular complexity index is 1420. The van der Waals surface area contributed by atoms with Crippen molar-refractivity contribution in [3.8, 4) is 28.7 Å². The topological polar surface area (TPSA) is 107 Å². The normalized spacial score (nSPS) is 11.0. The van der Waals surface area contributed by atoms with Crippen molar-refractivity contribution in [3.63, 3.8) is 0 Å². The number of carbonyl (C=O) groups excluding carboxylic acids is 1. The Labute approximate surface area is 209 Å². The quantitative estimate of drug-likeness (QED) is 0.193. The second-order valence-electron chi connectivity index (χ2n) is 8.28. The number of benzene rings is 4. The number of carbonyl (C=O) groups is 1. The zero-order valence-electron chi connectivity index (χ0n) is 19.7. The molecule has 0 saturated heterocycles. The Kier molecular flexibility index (Phi) is 7.25. The number of ether oxygens (including phenoxy) is 1. The summed E-state index contributed by atoms with van der Waals surface area (Å²) >= 11 is 0. The summed E-state index contributed by atoms with van der Waals surface area (Å²) < 4.78 is 5.55. The molecule has 4 N–H and O–H groups in total. The van der Waals surface area contributed by atoms with E-state index in [1.165, 1.54) is 25.3 Å². The van der Waals surface area contributed by atoms with Crippen LogP contribution in [0.15, 0.2) is 84.9 Å². The van der Waals surface area contributed by atoms with Crippen LogP contribution in [0.3, 0.4) is 0 Å². The highest BCUT2D eigenvalue weighted by atomic mass is 16.5. The molecule has 0 aliphatic rings. The fourth-order valence-corrected chi connectivity index (χ4v) is 4.12. The van der Waals surface area contributed by atoms with Crippen LogP contribution in [-0.4, -0.2) is 33.3 Å². The standard InChI is InChI=1S/C30H26O6/c1-36-30-23(18-21-12-6-8-14-25(21)32)28(34)22(17-20-11-5-7-13-24(20)31)29(35)27(30)26(33)16-15-19-9-3-2-4-10-19/h2-16,31-32,34-35H,17-18H2,1H3. The Morgan fingerprint density at radius 1 is 0.722 bits per heavy atom. The van der Waals surface area contributed by atoms with Gasteiger partial charge in [-0.2, -0.15) is 0 Å². The van der Waals surface area contributed by atoms with Gasteiger partial charge in [0.1, 0.15) is 34.3 Å². The van der Waals surface area contributed by atoms with Gasteiger partial charge in [-0.05, 0) is 34.9 Å². The van der Waals surface area contributed by atoms with E-state index in [9.17, 15) is 25.2 Å². The number of para-hydroxylation sites is 2. The summed E-state index contributed by atoms with van der Waals surface area (Å²) in [5, 5.41) is 43.1. The summed E-state index contributed by atoms with van der Waals surface area (Å²) in [6.07, 6.45) is 2.96. The molecule has 0 bridgehead atoms. The highest BCUT2D eigenvalue weighted by Gasteiger charge is 2.28. The maximum Gasteiger partial charge on any atom is 0.193 e. The molecule has 0 spiro atoms. The van der Waals surface area contributed by atoms with Crippen LogP contribution < -0.4 is 4.74 Å². The van der Waals surface area contributed by atoms with E-state index in [1.807, 2.05) is 30.3 Å². The van der Waals surface area contributed by atoms with Gasteiger partial charge in [0.2, 0.25) is 0 Å². The van der Waals surface area contributed by atoms with Crippen LogP contribution in [0.25, 0.3) is 6.08 Å². The third-order valence-electron chi connectivity index (χ3n) is 5.99. The number of allylic oxidation sites excluding steroid dienone is 1. The maximum absolute atomic E-state index is 13.4. The predicted octanol–water partition coefficient (Wildman–Crippen LogP) is 5.60. The van der Waals surface area contributed by atoms with Crippen LogP contribution in [0.1, 0.15) is 38.2 Å². The summed E-state index contributed by atoms with van der Waals surface area (Å²) in [6, 6.07) is 22.4. The fourth-order valence-electron chi connectivity index (χ4n) is 4.12. The van der Waals surface area contributed by atoms with Crippen LogP contribution in [0.4, 0.5) is 0 Å². The van der Waals surface area contributed by atoms with Crippen LogP contribution in [0.2, 0.25) is 0 Å². The van der Waals surface area contributed by atoms with Crippen LogP contribution >= 0.6 is 0 Å². The molecule has 0 heterocycles. The minimum absolute atomic E-state index is 0.00813. The number of aromatic hydroxyl groups is 4. The largest absolute Gasteiger partial charge is 0.508 e. The van der Waals surface area contributed by atoms with Crippen molar-refractivity contribution < 1.29 is 30.0 Å². The van der Waals surface area contributed by atoms with Gasteiger partial charge in [-0.1, -0.05) is 72.8 Å². The first-order valence-corrected chi connectivity index (χ1v) is 11.4. The molecule has 0 aromatic heterocycles. The Hall–Kier alpha value is -4.71. The number of hydrogen-bond donors (Lipinski definition) is 4. The van der Waals surface area contributed by atoms with E-state index in [-0.39, 0.29) is 52.5 Å². The molecule has 4 aromatic carbocycles. The van der Waals surface area contributed by atoms with E-state index in [0.29, 0.717) is 11.1 Å². The molecule has 0 fully saturated rings. The van der Waals surface area contributed by atoms with Crippen LogP contribution in [-0.2, 0) is 12.8 Å². The summed E-state index contributed by atoms with van der Waals surface area (Å²) in [7, 11) is 1.35. The molecule has 4 aromatic rings. The Balaban J connectivity index is 1.89. The van der Waals surface area contributed by atoms with Gasteiger partial charge in [-0.3, -0.25) is 4.79 Å². The van der Waals surface area contributed by atoms with Crippen molar-refractivity contribution in [1.29, 1.82) is 0 Å². The molecule has 0 atom stereocenters. The Morgan fingerprint density at radius 2 is 1.25 bits per heavy atom. The van der Waals surface area contributed by atoms with E-state index in [0.717, 1.165) is 5.56 Å². The molecule has 0 aliphatic carbocycles. The monoisotopic (exact) mass is 482 g/mol. The summed E-state index contributed by atoms with van der Waals surface area (Å²) in [6.45, 7) is 0. The molecule has 0 saturated carbocycles. The minimum atomic E-state index is -0.523. The van der Waals surface area contributed by atoms with Gasteiger partial charge in [0.05, 0.1) is 7.11 Å². The number of rotatable bonds is 8. The lowest BCUT2D eigenvalue weighted by Gasteiger charge is -2.20. The first-order chi connectivity index (χ1) is 17.4. The molecule has 0 aliphatic heterocycles. The zero-order chi connectivity index (χ0) is 25.7. The Morgan fingerprint density at radius 3 is 1.81 bits per heavy atom. The van der Waals surface area contributed by atoms with E-state index in [2.05, 4.69) is 0 Å². The molecule has 0 unspecified atom stereocenters. The molecular weight excluding hydrogens is 456 g/mol. The van der Waals surface area contributed by atoms with Crippen molar-refractivity contribution >= 4 is 11.9 Å². The van der Waals surface area contributed by atoms with Gasteiger partial charge < -0.3 is 25.2 Å². The van der Waals surface area contributed by atoms with Gasteiger partial charge in [-0.25, -0.2) is 0 Å². The molecule has 6 heteroatoms. The average molecular weight is 483 g/mol. The number of hydrogen-bond acceptors (Lipinski definition) is 6. The van der Waals surface area contributed by atoms with Crippen molar-refractivity contribution in [2.75, 3.05) is 7.11 Å². The lowest BCUT2D eigenvalue weighted by atomic mass is 9.90. The van der Waals surface area contributed by atoms with Crippen LogP contribution in [0.5, 0.6) is 28.7 Å². The molecule has 6 nitrogen and oxygen atoms in total. The third-order valence-corrected chi connectivity index (χ3v) is 5.99. The van der Waals surface area contributed by atoms with Gasteiger partial charge in [0, 0.05) is 24.0 Å². The smallest absolute Gasteiger partial charge is 0.193 e. The summed E-state index contributed by atoms with van der Waals surface area (Å²) in [5.74, 6) is -1.21. The van der Waals surface area contributed by atoms with E-state index < -0.39 is 11.5 Å². The molecular formula is C30H26O6. The van der Waals surface area contributed by atoms with E-state index in [1.54, 1.807) is 42.5 Å². The first-order valence-electron chi connectivity index (χ1n) is 11.4. The van der Waals surface area contributed by atoms with Gasteiger partial charge in [-0.15, -0.1) is 0 Å². The molecule has 182 valence electrons. The summed E-state index contributed by atoms with van der Waals surface area (Å²) in [4.78, 5) is 13.4. The lowest BCUT2D eigenvalue weighted by Crippen LogP contribution is -2.07. The molecule has 4 rings (SSSR count). The second kappa shape index (κ2) is 10.7. The lowest BCUT2D eigenvalue weighted by molar-refractivity contribution is 0.104. The van der Waals surface area contributed by atoms with E-state index in [4.69, 9.17) is 4.74 Å². The SMILES string of the molecule is COc1c(Cc2ccccc2O)c(O)c(Cc2ccccc2O)c(O)c1C(=O)C=Cc1ccccc1. The van der Waals surface area contributed by atoms with Crippen molar-refractivity contribution in [2.24, 2.45) is 0 Å². The van der Waals surface area contributed by atoms with E-state index >= 15 is 0 Å². The molecule has 0 amide bonds. The number of phenols is 4. The first kappa shape index (κ1) is 24.4. The van der Waals surface area contributed by atoms with Crippen molar-refractivity contribution in [2.45, 2.75) is 12.8 Å². The van der Waals surface area contributed by atoms with Gasteiger partial charge >= 0.3 is 0 Å². The number of ketones is 1. The molecule has 36 heavy (non-hydrogen) atoms. The number of methoxy groups -OCH3 is 1. The third kappa shape index (κ3) is 5.03. The highest BCUT2D eigenvalue weighted by molar-refractivity contribution is 6.11. The predicted molar refractivity (Wildman–Crippen MR) is 138 cm³/mol. The summed E-state index contributed by atoms with van der Waals surface area (Å²) in [5.41, 5.74) is 1.95. The number of phenolic OH excluding ortho intramolecular Hbond substituents is 4. The maximum atomic E-state index is 13.4. The zero-order valence-corrected chi connectivity index (χ0v) is 19.7. The average Bonchev–Trinajstić information content (AvgIpc) is 2.89. The van der Waals surface area contributed by atoms with Gasteiger partial charge in [0.25, 0.3) is 0 Å². The molecule has 0 radical (unpaired) electrons. The minimum Gasteiger partial charge on any atom is -0.508 e. The van der Waals surface area contributed by atoms with Crippen LogP contribution in [0, 0.1) is 0 Å². The highest BCUT2D eigenvalue weighted by Crippen LogP contribution is 2.46. The second-order valence-corrected chi connectivity index (χ2v) is 8.28. The van der Waals surface area contributed by atoms with Crippen molar-refractivity contribution in [3.05, 3.63) is 118 Å². The fraction of sp³-hybridized carbons (Fsp3) is 0.100. The van der Waals surface area contributed by atoms with Gasteiger partial charge in [0.15, 0.2) is 5.78 Å². The van der Waals surface area contributed by atoms with Crippen molar-refractivity contribution in [1.82, 2.24) is 0 Å².